The molecule has 0 fully saturated rings. The Morgan fingerprint density at radius 3 is 2.87 bits per heavy atom. The number of nitrogens with one attached hydrogen (secondary N) is 2. The van der Waals surface area contributed by atoms with Crippen molar-refractivity contribution >= 4 is 11.9 Å². The first kappa shape index (κ1) is 15.5. The minimum absolute atomic E-state index is 0.0204. The van der Waals surface area contributed by atoms with Gasteiger partial charge in [0.1, 0.15) is 0 Å². The van der Waals surface area contributed by atoms with E-state index < -0.39 is 0 Å². The van der Waals surface area contributed by atoms with Crippen LogP contribution in [-0.4, -0.2) is 49.4 Å². The van der Waals surface area contributed by atoms with Gasteiger partial charge in [0.2, 0.25) is 11.8 Å². The number of nitrogens with zero attached hydrogens (tertiary/aromatic N) is 5. The van der Waals surface area contributed by atoms with Crippen LogP contribution in [-0.2, 0) is 18.5 Å². The molecule has 3 heterocycles. The summed E-state index contributed by atoms with van der Waals surface area (Å²) in [5.74, 6) is 0.706. The first-order chi connectivity index (χ1) is 10.8. The molecule has 23 heavy (non-hydrogen) atoms. The van der Waals surface area contributed by atoms with Crippen LogP contribution in [0.3, 0.4) is 0 Å². The summed E-state index contributed by atoms with van der Waals surface area (Å²) in [7, 11) is 1.74. The van der Waals surface area contributed by atoms with Crippen LogP contribution in [0, 0.1) is 0 Å². The molecule has 0 atom stereocenters. The molecule has 0 radical (unpaired) electrons. The first-order valence-corrected chi connectivity index (χ1v) is 7.83. The quantitative estimate of drug-likeness (QED) is 0.892. The topological polar surface area (TPSA) is 91.7 Å². The monoisotopic (exact) mass is 317 g/mol. The number of amides is 1. The van der Waals surface area contributed by atoms with Gasteiger partial charge in [-0.25, -0.2) is 4.68 Å². The predicted octanol–water partition coefficient (Wildman–Crippen LogP) is 1.39. The van der Waals surface area contributed by atoms with Gasteiger partial charge in [-0.15, -0.1) is 5.10 Å². The number of carbonyl (C=O) groups excluding carboxylic acids is 1. The van der Waals surface area contributed by atoms with Crippen LogP contribution in [0.2, 0.25) is 0 Å². The fourth-order valence-corrected chi connectivity index (χ4v) is 2.47. The van der Waals surface area contributed by atoms with E-state index in [4.69, 9.17) is 0 Å². The molecule has 0 spiro atoms. The molecule has 2 aromatic heterocycles. The summed E-state index contributed by atoms with van der Waals surface area (Å²) in [6.45, 7) is 8.42. The van der Waals surface area contributed by atoms with Gasteiger partial charge in [0.15, 0.2) is 0 Å². The minimum Gasteiger partial charge on any atom is -0.354 e. The Morgan fingerprint density at radius 2 is 2.22 bits per heavy atom. The van der Waals surface area contributed by atoms with Crippen molar-refractivity contribution in [2.24, 2.45) is 0 Å². The second kappa shape index (κ2) is 5.68. The smallest absolute Gasteiger partial charge is 0.293 e. The highest BCUT2D eigenvalue weighted by atomic mass is 16.2. The zero-order valence-corrected chi connectivity index (χ0v) is 14.1. The highest BCUT2D eigenvalue weighted by molar-refractivity contribution is 5.90. The van der Waals surface area contributed by atoms with Gasteiger partial charge in [-0.2, -0.15) is 10.1 Å². The Hall–Kier alpha value is -2.38. The molecule has 0 bridgehead atoms. The van der Waals surface area contributed by atoms with E-state index >= 15 is 0 Å². The normalized spacial score (nSPS) is 14.3. The molecular formula is C15H23N7O. The summed E-state index contributed by atoms with van der Waals surface area (Å²) in [4.78, 5) is 18.4. The lowest BCUT2D eigenvalue weighted by molar-refractivity contribution is 0.0771. The van der Waals surface area contributed by atoms with Crippen molar-refractivity contribution in [2.45, 2.75) is 45.7 Å². The lowest BCUT2D eigenvalue weighted by Crippen LogP contribution is -2.27. The zero-order valence-electron chi connectivity index (χ0n) is 14.1. The van der Waals surface area contributed by atoms with E-state index in [1.165, 1.54) is 0 Å². The summed E-state index contributed by atoms with van der Waals surface area (Å²) in [5.41, 5.74) is 1.86. The van der Waals surface area contributed by atoms with E-state index in [2.05, 4.69) is 46.4 Å². The molecule has 0 unspecified atom stereocenters. The van der Waals surface area contributed by atoms with Crippen molar-refractivity contribution in [3.63, 3.8) is 0 Å². The van der Waals surface area contributed by atoms with Crippen molar-refractivity contribution in [3.05, 3.63) is 23.3 Å². The summed E-state index contributed by atoms with van der Waals surface area (Å²) >= 11 is 0. The number of aromatic amines is 1. The highest BCUT2D eigenvalue weighted by Crippen LogP contribution is 2.21. The third kappa shape index (κ3) is 3.20. The second-order valence-corrected chi connectivity index (χ2v) is 6.95. The van der Waals surface area contributed by atoms with E-state index in [1.807, 2.05) is 6.07 Å². The molecule has 8 heteroatoms. The Balaban J connectivity index is 1.70. The largest absolute Gasteiger partial charge is 0.354 e. The average Bonchev–Trinajstić information content (AvgIpc) is 3.11. The Morgan fingerprint density at radius 1 is 1.43 bits per heavy atom. The number of hydrogen-bond acceptors (Lipinski definition) is 5. The van der Waals surface area contributed by atoms with Gasteiger partial charge in [0, 0.05) is 25.6 Å². The molecule has 0 aliphatic carbocycles. The van der Waals surface area contributed by atoms with E-state index in [-0.39, 0.29) is 17.1 Å². The van der Waals surface area contributed by atoms with E-state index in [0.29, 0.717) is 12.5 Å². The van der Waals surface area contributed by atoms with Crippen molar-refractivity contribution in [2.75, 3.05) is 18.9 Å². The highest BCUT2D eigenvalue weighted by Gasteiger charge is 2.23. The van der Waals surface area contributed by atoms with Gasteiger partial charge in [0.25, 0.3) is 5.91 Å². The van der Waals surface area contributed by atoms with Crippen LogP contribution in [0.15, 0.2) is 6.07 Å². The number of aromatic nitrogens is 5. The number of carbonyl (C=O) groups is 1. The van der Waals surface area contributed by atoms with Gasteiger partial charge >= 0.3 is 0 Å². The lowest BCUT2D eigenvalue weighted by Gasteiger charge is -2.15. The molecule has 2 N–H and O–H groups in total. The van der Waals surface area contributed by atoms with Gasteiger partial charge < -0.3 is 10.2 Å². The van der Waals surface area contributed by atoms with Crippen molar-refractivity contribution < 1.29 is 4.79 Å². The molecule has 3 rings (SSSR count). The number of aryl methyl sites for hydroxylation is 1. The van der Waals surface area contributed by atoms with Gasteiger partial charge in [-0.05, 0) is 12.5 Å². The van der Waals surface area contributed by atoms with E-state index in [1.54, 1.807) is 16.6 Å². The summed E-state index contributed by atoms with van der Waals surface area (Å²) in [5, 5.41) is 14.7. The fourth-order valence-electron chi connectivity index (χ4n) is 2.47. The van der Waals surface area contributed by atoms with Crippen LogP contribution in [0.5, 0.6) is 0 Å². The average molecular weight is 317 g/mol. The standard InChI is InChI=1S/C15H23N7O/c1-15(2,3)11-8-10(18-19-11)9-21(4)13(23)12-17-14-16-6-5-7-22(14)20-12/h8H,5-7,9H2,1-4H3,(H,18,19)(H,16,17,20). The Bertz CT molecular complexity index is 686. The molecule has 2 aromatic rings. The van der Waals surface area contributed by atoms with Gasteiger partial charge in [-0.1, -0.05) is 20.8 Å². The zero-order chi connectivity index (χ0) is 16.6. The van der Waals surface area contributed by atoms with Gasteiger partial charge in [0.05, 0.1) is 17.9 Å². The summed E-state index contributed by atoms with van der Waals surface area (Å²) < 4.78 is 1.75. The van der Waals surface area contributed by atoms with E-state index in [0.717, 1.165) is 30.9 Å². The molecule has 1 aliphatic rings. The maximum atomic E-state index is 12.5. The predicted molar refractivity (Wildman–Crippen MR) is 86.2 cm³/mol. The SMILES string of the molecule is CN(Cc1cc(C(C)(C)C)n[nH]1)C(=O)c1nc2n(n1)CCCN2. The third-order valence-electron chi connectivity index (χ3n) is 3.85. The Labute approximate surface area is 135 Å². The first-order valence-electron chi connectivity index (χ1n) is 7.83. The molecule has 0 aromatic carbocycles. The molecule has 8 nitrogen and oxygen atoms in total. The van der Waals surface area contributed by atoms with Crippen molar-refractivity contribution in [3.8, 4) is 0 Å². The van der Waals surface area contributed by atoms with Crippen molar-refractivity contribution in [1.29, 1.82) is 0 Å². The summed E-state index contributed by atoms with van der Waals surface area (Å²) in [6, 6.07) is 2.00. The maximum absolute atomic E-state index is 12.5. The number of fused-ring (bicyclic) bond motifs is 1. The fraction of sp³-hybridized carbons (Fsp3) is 0.600. The molecule has 1 amide bonds. The van der Waals surface area contributed by atoms with Crippen molar-refractivity contribution in [1.82, 2.24) is 29.9 Å². The molecular weight excluding hydrogens is 294 g/mol. The maximum Gasteiger partial charge on any atom is 0.293 e. The van der Waals surface area contributed by atoms with Crippen LogP contribution in [0.25, 0.3) is 0 Å². The summed E-state index contributed by atoms with van der Waals surface area (Å²) in [6.07, 6.45) is 0.990. The molecule has 124 valence electrons. The Kier molecular flexibility index (Phi) is 3.83. The number of hydrogen-bond donors (Lipinski definition) is 2. The molecule has 0 saturated heterocycles. The van der Waals surface area contributed by atoms with Crippen LogP contribution in [0.1, 0.15) is 49.2 Å². The molecule has 1 aliphatic heterocycles. The van der Waals surface area contributed by atoms with Crippen LogP contribution >= 0.6 is 0 Å². The number of H-pyrrole nitrogens is 1. The second-order valence-electron chi connectivity index (χ2n) is 6.95. The lowest BCUT2D eigenvalue weighted by atomic mass is 9.92. The third-order valence-corrected chi connectivity index (χ3v) is 3.85. The van der Waals surface area contributed by atoms with Crippen LogP contribution < -0.4 is 5.32 Å². The number of rotatable bonds is 3. The molecule has 0 saturated carbocycles. The van der Waals surface area contributed by atoms with Crippen LogP contribution in [0.4, 0.5) is 5.95 Å². The minimum atomic E-state index is -0.194. The van der Waals surface area contributed by atoms with E-state index in [9.17, 15) is 4.79 Å². The van der Waals surface area contributed by atoms with Gasteiger partial charge in [-0.3, -0.25) is 9.89 Å². The number of anilines is 1.